The van der Waals surface area contributed by atoms with Crippen LogP contribution in [-0.4, -0.2) is 17.9 Å². The van der Waals surface area contributed by atoms with E-state index in [9.17, 15) is 9.59 Å². The summed E-state index contributed by atoms with van der Waals surface area (Å²) in [5.74, 6) is -0.117. The largest absolute Gasteiger partial charge is 0.481 e. The Labute approximate surface area is 143 Å². The molecule has 0 bridgehead atoms. The van der Waals surface area contributed by atoms with Gasteiger partial charge in [0.1, 0.15) is 5.75 Å². The van der Waals surface area contributed by atoms with E-state index in [0.717, 1.165) is 10.0 Å². The summed E-state index contributed by atoms with van der Waals surface area (Å²) in [4.78, 5) is 23.2. The minimum Gasteiger partial charge on any atom is -0.481 e. The van der Waals surface area contributed by atoms with E-state index in [1.165, 1.54) is 0 Å². The van der Waals surface area contributed by atoms with Gasteiger partial charge < -0.3 is 15.8 Å². The molecule has 1 atom stereocenters. The molecule has 2 amide bonds. The molecule has 23 heavy (non-hydrogen) atoms. The first-order valence-corrected chi connectivity index (χ1v) is 7.83. The van der Waals surface area contributed by atoms with Crippen molar-refractivity contribution in [3.63, 3.8) is 0 Å². The standard InChI is InChI=1S/C17H17BrN2O3/c1-11(23-15-7-5-14(18)6-8-15)17(22)20-10-12-3-2-4-13(9-12)16(19)21/h2-9,11H,10H2,1H3,(H2,19,21)(H,20,22). The van der Waals surface area contributed by atoms with Crippen molar-refractivity contribution >= 4 is 27.7 Å². The molecule has 5 nitrogen and oxygen atoms in total. The predicted octanol–water partition coefficient (Wildman–Crippen LogP) is 2.63. The molecule has 0 heterocycles. The first-order valence-electron chi connectivity index (χ1n) is 7.04. The van der Waals surface area contributed by atoms with Crippen LogP contribution in [0.5, 0.6) is 5.75 Å². The second-order valence-electron chi connectivity index (χ2n) is 5.00. The molecule has 0 fully saturated rings. The normalized spacial score (nSPS) is 11.6. The lowest BCUT2D eigenvalue weighted by molar-refractivity contribution is -0.127. The van der Waals surface area contributed by atoms with Crippen LogP contribution in [0.2, 0.25) is 0 Å². The van der Waals surface area contributed by atoms with Gasteiger partial charge in [0.25, 0.3) is 5.91 Å². The number of benzene rings is 2. The predicted molar refractivity (Wildman–Crippen MR) is 91.0 cm³/mol. The van der Waals surface area contributed by atoms with Gasteiger partial charge in [-0.2, -0.15) is 0 Å². The zero-order valence-electron chi connectivity index (χ0n) is 12.6. The third kappa shape index (κ3) is 5.10. The highest BCUT2D eigenvalue weighted by Gasteiger charge is 2.14. The van der Waals surface area contributed by atoms with Crippen molar-refractivity contribution < 1.29 is 14.3 Å². The van der Waals surface area contributed by atoms with Gasteiger partial charge in [0.05, 0.1) is 0 Å². The lowest BCUT2D eigenvalue weighted by Gasteiger charge is -2.15. The molecule has 2 aromatic rings. The third-order valence-corrected chi connectivity index (χ3v) is 3.70. The van der Waals surface area contributed by atoms with E-state index in [2.05, 4.69) is 21.2 Å². The summed E-state index contributed by atoms with van der Waals surface area (Å²) in [6.45, 7) is 1.98. The third-order valence-electron chi connectivity index (χ3n) is 3.17. The summed E-state index contributed by atoms with van der Waals surface area (Å²) in [6.07, 6.45) is -0.629. The summed E-state index contributed by atoms with van der Waals surface area (Å²) in [5, 5.41) is 2.77. The van der Waals surface area contributed by atoms with Crippen LogP contribution in [0.4, 0.5) is 0 Å². The first kappa shape index (κ1) is 17.0. The molecule has 0 aliphatic carbocycles. The van der Waals surface area contributed by atoms with Crippen LogP contribution >= 0.6 is 15.9 Å². The minimum absolute atomic E-state index is 0.239. The Morgan fingerprint density at radius 3 is 2.57 bits per heavy atom. The summed E-state index contributed by atoms with van der Waals surface area (Å²) >= 11 is 3.34. The highest BCUT2D eigenvalue weighted by Crippen LogP contribution is 2.17. The van der Waals surface area contributed by atoms with Gasteiger partial charge in [-0.05, 0) is 48.9 Å². The smallest absolute Gasteiger partial charge is 0.261 e. The Morgan fingerprint density at radius 1 is 1.22 bits per heavy atom. The van der Waals surface area contributed by atoms with Gasteiger partial charge in [-0.25, -0.2) is 0 Å². The lowest BCUT2D eigenvalue weighted by Crippen LogP contribution is -2.35. The second-order valence-corrected chi connectivity index (χ2v) is 5.91. The average molecular weight is 377 g/mol. The SMILES string of the molecule is CC(Oc1ccc(Br)cc1)C(=O)NCc1cccc(C(N)=O)c1. The molecule has 120 valence electrons. The highest BCUT2D eigenvalue weighted by molar-refractivity contribution is 9.10. The Bertz CT molecular complexity index is 701. The van der Waals surface area contributed by atoms with Gasteiger partial charge in [-0.15, -0.1) is 0 Å². The van der Waals surface area contributed by atoms with Crippen molar-refractivity contribution in [1.29, 1.82) is 0 Å². The van der Waals surface area contributed by atoms with E-state index in [1.54, 1.807) is 37.3 Å². The highest BCUT2D eigenvalue weighted by atomic mass is 79.9. The number of rotatable bonds is 6. The molecule has 0 saturated carbocycles. The molecule has 1 unspecified atom stereocenters. The van der Waals surface area contributed by atoms with E-state index in [1.807, 2.05) is 18.2 Å². The molecule has 0 aliphatic rings. The number of carbonyl (C=O) groups excluding carboxylic acids is 2. The van der Waals surface area contributed by atoms with E-state index in [0.29, 0.717) is 17.9 Å². The van der Waals surface area contributed by atoms with Crippen LogP contribution in [0.1, 0.15) is 22.8 Å². The Balaban J connectivity index is 1.90. The quantitative estimate of drug-likeness (QED) is 0.812. The number of halogens is 1. The molecule has 0 aliphatic heterocycles. The number of ether oxygens (including phenoxy) is 1. The van der Waals surface area contributed by atoms with Crippen LogP contribution in [-0.2, 0) is 11.3 Å². The van der Waals surface area contributed by atoms with Crippen molar-refractivity contribution in [2.75, 3.05) is 0 Å². The maximum atomic E-state index is 12.1. The lowest BCUT2D eigenvalue weighted by atomic mass is 10.1. The number of carbonyl (C=O) groups is 2. The minimum atomic E-state index is -0.629. The topological polar surface area (TPSA) is 81.4 Å². The number of nitrogens with one attached hydrogen (secondary N) is 1. The van der Waals surface area contributed by atoms with Crippen molar-refractivity contribution in [3.8, 4) is 5.75 Å². The van der Waals surface area contributed by atoms with Gasteiger partial charge in [0.2, 0.25) is 5.91 Å². The van der Waals surface area contributed by atoms with Crippen LogP contribution in [0.15, 0.2) is 53.0 Å². The number of nitrogens with two attached hydrogens (primary N) is 1. The van der Waals surface area contributed by atoms with Crippen LogP contribution in [0.25, 0.3) is 0 Å². The molecule has 2 aromatic carbocycles. The van der Waals surface area contributed by atoms with Crippen molar-refractivity contribution in [3.05, 3.63) is 64.1 Å². The monoisotopic (exact) mass is 376 g/mol. The molecule has 0 radical (unpaired) electrons. The number of primary amides is 1. The fraction of sp³-hybridized carbons (Fsp3) is 0.176. The van der Waals surface area contributed by atoms with Gasteiger partial charge in [-0.3, -0.25) is 9.59 Å². The number of hydrogen-bond donors (Lipinski definition) is 2. The average Bonchev–Trinajstić information content (AvgIpc) is 2.55. The van der Waals surface area contributed by atoms with E-state index in [4.69, 9.17) is 10.5 Å². The van der Waals surface area contributed by atoms with Gasteiger partial charge in [0, 0.05) is 16.6 Å². The van der Waals surface area contributed by atoms with E-state index < -0.39 is 12.0 Å². The maximum absolute atomic E-state index is 12.1. The summed E-state index contributed by atoms with van der Waals surface area (Å²) in [6, 6.07) is 14.1. The fourth-order valence-electron chi connectivity index (χ4n) is 1.94. The van der Waals surface area contributed by atoms with Gasteiger partial charge >= 0.3 is 0 Å². The Hall–Kier alpha value is -2.34. The summed E-state index contributed by atoms with van der Waals surface area (Å²) in [5.41, 5.74) is 6.44. The van der Waals surface area contributed by atoms with Crippen LogP contribution in [0, 0.1) is 0 Å². The van der Waals surface area contributed by atoms with Gasteiger partial charge in [-0.1, -0.05) is 28.1 Å². The molecule has 0 saturated heterocycles. The first-order chi connectivity index (χ1) is 11.0. The summed E-state index contributed by atoms with van der Waals surface area (Å²) in [7, 11) is 0. The Kier molecular flexibility index (Phi) is 5.76. The number of amides is 2. The second kappa shape index (κ2) is 7.78. The van der Waals surface area contributed by atoms with Gasteiger partial charge in [0.15, 0.2) is 6.10 Å². The molecule has 2 rings (SSSR count). The van der Waals surface area contributed by atoms with Crippen molar-refractivity contribution in [2.45, 2.75) is 19.6 Å². The Morgan fingerprint density at radius 2 is 1.91 bits per heavy atom. The van der Waals surface area contributed by atoms with Crippen molar-refractivity contribution in [1.82, 2.24) is 5.32 Å². The fourth-order valence-corrected chi connectivity index (χ4v) is 2.20. The molecule has 0 spiro atoms. The van der Waals surface area contributed by atoms with Crippen LogP contribution < -0.4 is 15.8 Å². The molecular formula is C17H17BrN2O3. The molecular weight excluding hydrogens is 360 g/mol. The number of hydrogen-bond acceptors (Lipinski definition) is 3. The zero-order chi connectivity index (χ0) is 16.8. The van der Waals surface area contributed by atoms with Crippen LogP contribution in [0.3, 0.4) is 0 Å². The summed E-state index contributed by atoms with van der Waals surface area (Å²) < 4.78 is 6.52. The van der Waals surface area contributed by atoms with Crippen molar-refractivity contribution in [2.24, 2.45) is 5.73 Å². The molecule has 0 aromatic heterocycles. The zero-order valence-corrected chi connectivity index (χ0v) is 14.2. The maximum Gasteiger partial charge on any atom is 0.261 e. The van der Waals surface area contributed by atoms with E-state index >= 15 is 0 Å². The molecule has 6 heteroatoms. The van der Waals surface area contributed by atoms with E-state index in [-0.39, 0.29) is 5.91 Å². The molecule has 3 N–H and O–H groups in total.